The predicted octanol–water partition coefficient (Wildman–Crippen LogP) is 1.88. The molecule has 10 heavy (non-hydrogen) atoms. The molecule has 1 N–H and O–H groups in total. The number of nitrogens with one attached hydrogen (secondary N) is 1. The topological polar surface area (TPSA) is 38.3 Å². The van der Waals surface area contributed by atoms with E-state index in [1.165, 1.54) is 6.92 Å². The van der Waals surface area contributed by atoms with Crippen LogP contribution in [0.5, 0.6) is 0 Å². The molecule has 0 bridgehead atoms. The van der Waals surface area contributed by atoms with E-state index in [9.17, 15) is 4.79 Å². The summed E-state index contributed by atoms with van der Waals surface area (Å²) in [6.07, 6.45) is -0.616. The number of amides is 1. The van der Waals surface area contributed by atoms with Gasteiger partial charge in [0.15, 0.2) is 4.46 Å². The molecule has 0 aliphatic rings. The van der Waals surface area contributed by atoms with Crippen LogP contribution in [-0.4, -0.2) is 17.2 Å². The van der Waals surface area contributed by atoms with Gasteiger partial charge in [0.05, 0.1) is 6.61 Å². The van der Waals surface area contributed by atoms with Crippen molar-refractivity contribution in [2.75, 3.05) is 6.61 Å². The zero-order valence-electron chi connectivity index (χ0n) is 5.78. The first-order chi connectivity index (χ1) is 4.45. The second kappa shape index (κ2) is 3.88. The highest BCUT2D eigenvalue weighted by atomic mass is 35.5. The Hall–Kier alpha value is -0.150. The van der Waals surface area contributed by atoms with E-state index in [0.717, 1.165) is 0 Å². The van der Waals surface area contributed by atoms with Gasteiger partial charge in [-0.25, -0.2) is 4.79 Å². The van der Waals surface area contributed by atoms with Crippen LogP contribution >= 0.6 is 23.2 Å². The molecule has 0 spiro atoms. The van der Waals surface area contributed by atoms with Crippen LogP contribution in [0.4, 0.5) is 4.79 Å². The monoisotopic (exact) mass is 185 g/mol. The summed E-state index contributed by atoms with van der Waals surface area (Å²) in [5.74, 6) is 0. The van der Waals surface area contributed by atoms with Crippen molar-refractivity contribution >= 4 is 29.3 Å². The lowest BCUT2D eigenvalue weighted by molar-refractivity contribution is 0.150. The second-order valence-corrected chi connectivity index (χ2v) is 3.44. The quantitative estimate of drug-likeness (QED) is 0.528. The SMILES string of the molecule is CCOC(=O)NC(C)(Cl)Cl. The van der Waals surface area contributed by atoms with E-state index >= 15 is 0 Å². The average molecular weight is 186 g/mol. The normalized spacial score (nSPS) is 10.8. The summed E-state index contributed by atoms with van der Waals surface area (Å²) >= 11 is 10.8. The van der Waals surface area contributed by atoms with Crippen LogP contribution in [0, 0.1) is 0 Å². The highest BCUT2D eigenvalue weighted by Crippen LogP contribution is 2.14. The van der Waals surface area contributed by atoms with Crippen LogP contribution in [0.2, 0.25) is 0 Å². The average Bonchev–Trinajstić information content (AvgIpc) is 1.59. The fourth-order valence-corrected chi connectivity index (χ4v) is 0.501. The summed E-state index contributed by atoms with van der Waals surface area (Å²) in [5, 5.41) is 2.19. The van der Waals surface area contributed by atoms with Crippen molar-refractivity contribution in [1.82, 2.24) is 5.32 Å². The van der Waals surface area contributed by atoms with Crippen molar-refractivity contribution in [1.29, 1.82) is 0 Å². The highest BCUT2D eigenvalue weighted by Gasteiger charge is 2.19. The first kappa shape index (κ1) is 9.85. The Labute approximate surface area is 69.6 Å². The van der Waals surface area contributed by atoms with Crippen LogP contribution < -0.4 is 5.32 Å². The second-order valence-electron chi connectivity index (χ2n) is 1.73. The van der Waals surface area contributed by atoms with Gasteiger partial charge >= 0.3 is 6.09 Å². The fourth-order valence-electron chi connectivity index (χ4n) is 0.346. The number of alkyl halides is 2. The predicted molar refractivity (Wildman–Crippen MR) is 40.3 cm³/mol. The van der Waals surface area contributed by atoms with Crippen molar-refractivity contribution < 1.29 is 9.53 Å². The van der Waals surface area contributed by atoms with Crippen LogP contribution in [-0.2, 0) is 4.74 Å². The molecule has 1 amide bonds. The number of carbonyl (C=O) groups excluding carboxylic acids is 1. The molecule has 0 heterocycles. The van der Waals surface area contributed by atoms with Crippen molar-refractivity contribution in [3.63, 3.8) is 0 Å². The highest BCUT2D eigenvalue weighted by molar-refractivity contribution is 6.48. The lowest BCUT2D eigenvalue weighted by Crippen LogP contribution is -2.36. The van der Waals surface area contributed by atoms with Gasteiger partial charge in [0.25, 0.3) is 0 Å². The van der Waals surface area contributed by atoms with E-state index < -0.39 is 10.6 Å². The van der Waals surface area contributed by atoms with Gasteiger partial charge in [-0.2, -0.15) is 0 Å². The van der Waals surface area contributed by atoms with Crippen LogP contribution in [0.1, 0.15) is 13.8 Å². The molecule has 0 saturated carbocycles. The minimum Gasteiger partial charge on any atom is -0.450 e. The molecule has 0 atom stereocenters. The maximum atomic E-state index is 10.6. The first-order valence-corrected chi connectivity index (χ1v) is 3.54. The van der Waals surface area contributed by atoms with Crippen LogP contribution in [0.15, 0.2) is 0 Å². The first-order valence-electron chi connectivity index (χ1n) is 2.78. The minimum atomic E-state index is -1.26. The lowest BCUT2D eigenvalue weighted by Gasteiger charge is -2.14. The molecule has 0 aromatic heterocycles. The molecule has 0 radical (unpaired) electrons. The standard InChI is InChI=1S/C5H9Cl2NO2/c1-3-10-4(9)8-5(2,6)7/h3H2,1-2H3,(H,8,9). The number of rotatable bonds is 2. The summed E-state index contributed by atoms with van der Waals surface area (Å²) in [7, 11) is 0. The Morgan fingerprint density at radius 3 is 2.50 bits per heavy atom. The van der Waals surface area contributed by atoms with E-state index in [-0.39, 0.29) is 0 Å². The molecule has 0 aliphatic heterocycles. The Morgan fingerprint density at radius 2 is 2.20 bits per heavy atom. The Balaban J connectivity index is 3.58. The maximum Gasteiger partial charge on any atom is 0.409 e. The summed E-state index contributed by atoms with van der Waals surface area (Å²) in [4.78, 5) is 10.6. The molecule has 0 rings (SSSR count). The van der Waals surface area contributed by atoms with Gasteiger partial charge < -0.3 is 4.74 Å². The summed E-state index contributed by atoms with van der Waals surface area (Å²) in [5.41, 5.74) is 0. The molecule has 0 aromatic rings. The van der Waals surface area contributed by atoms with Crippen LogP contribution in [0.3, 0.4) is 0 Å². The third kappa shape index (κ3) is 5.98. The molecule has 0 aromatic carbocycles. The summed E-state index contributed by atoms with van der Waals surface area (Å²) < 4.78 is 3.24. The molecule has 60 valence electrons. The van der Waals surface area contributed by atoms with E-state index in [4.69, 9.17) is 23.2 Å². The van der Waals surface area contributed by atoms with Gasteiger partial charge in [-0.15, -0.1) is 0 Å². The number of hydrogen-bond donors (Lipinski definition) is 1. The molecule has 0 fully saturated rings. The van der Waals surface area contributed by atoms with Crippen molar-refractivity contribution in [3.8, 4) is 0 Å². The number of carbonyl (C=O) groups is 1. The molecule has 0 saturated heterocycles. The number of halogens is 2. The van der Waals surface area contributed by atoms with Gasteiger partial charge in [-0.05, 0) is 13.8 Å². The largest absolute Gasteiger partial charge is 0.450 e. The van der Waals surface area contributed by atoms with Crippen LogP contribution in [0.25, 0.3) is 0 Å². The van der Waals surface area contributed by atoms with Gasteiger partial charge in [-0.3, -0.25) is 5.32 Å². The van der Waals surface area contributed by atoms with Gasteiger partial charge in [0.2, 0.25) is 0 Å². The molecule has 0 aliphatic carbocycles. The van der Waals surface area contributed by atoms with Crippen molar-refractivity contribution in [2.24, 2.45) is 0 Å². The fraction of sp³-hybridized carbons (Fsp3) is 0.800. The van der Waals surface area contributed by atoms with Gasteiger partial charge in [0, 0.05) is 0 Å². The Morgan fingerprint density at radius 1 is 1.70 bits per heavy atom. The van der Waals surface area contributed by atoms with E-state index in [2.05, 4.69) is 10.1 Å². The summed E-state index contributed by atoms with van der Waals surface area (Å²) in [6.45, 7) is 3.43. The minimum absolute atomic E-state index is 0.301. The smallest absolute Gasteiger partial charge is 0.409 e. The van der Waals surface area contributed by atoms with E-state index in [1.54, 1.807) is 6.92 Å². The summed E-state index contributed by atoms with van der Waals surface area (Å²) in [6, 6.07) is 0. The molecular formula is C5H9Cl2NO2. The van der Waals surface area contributed by atoms with Crippen molar-refractivity contribution in [2.45, 2.75) is 18.3 Å². The molecule has 0 unspecified atom stereocenters. The number of ether oxygens (including phenoxy) is 1. The lowest BCUT2D eigenvalue weighted by atomic mass is 10.7. The number of hydrogen-bond acceptors (Lipinski definition) is 2. The van der Waals surface area contributed by atoms with Gasteiger partial charge in [-0.1, -0.05) is 23.2 Å². The molecular weight excluding hydrogens is 177 g/mol. The van der Waals surface area contributed by atoms with E-state index in [0.29, 0.717) is 6.61 Å². The Bertz CT molecular complexity index is 121. The molecule has 5 heteroatoms. The zero-order valence-corrected chi connectivity index (χ0v) is 7.29. The van der Waals surface area contributed by atoms with E-state index in [1.807, 2.05) is 0 Å². The number of alkyl carbamates (subject to hydrolysis) is 1. The third-order valence-corrected chi connectivity index (χ3v) is 0.786. The van der Waals surface area contributed by atoms with Gasteiger partial charge in [0.1, 0.15) is 0 Å². The Kier molecular flexibility index (Phi) is 3.83. The van der Waals surface area contributed by atoms with Crippen molar-refractivity contribution in [3.05, 3.63) is 0 Å². The third-order valence-electron chi connectivity index (χ3n) is 0.597. The zero-order chi connectivity index (χ0) is 8.20. The maximum absolute atomic E-state index is 10.6. The molecule has 3 nitrogen and oxygen atoms in total.